The van der Waals surface area contributed by atoms with Crippen molar-refractivity contribution < 1.29 is 14.3 Å². The highest BCUT2D eigenvalue weighted by molar-refractivity contribution is 5.80. The third kappa shape index (κ3) is 4.97. The van der Waals surface area contributed by atoms with Crippen molar-refractivity contribution in [3.05, 3.63) is 0 Å². The Kier molecular flexibility index (Phi) is 5.99. The van der Waals surface area contributed by atoms with Crippen molar-refractivity contribution in [1.82, 2.24) is 10.2 Å². The predicted molar refractivity (Wildman–Crippen MR) is 79.5 cm³/mol. The molecule has 3 N–H and O–H groups in total. The molecule has 1 heterocycles. The van der Waals surface area contributed by atoms with Gasteiger partial charge in [0.25, 0.3) is 0 Å². The highest BCUT2D eigenvalue weighted by atomic mass is 16.5. The first-order valence-electron chi connectivity index (χ1n) is 7.95. The first-order chi connectivity index (χ1) is 10.1. The topological polar surface area (TPSA) is 84.7 Å². The van der Waals surface area contributed by atoms with Crippen LogP contribution in [0.25, 0.3) is 0 Å². The summed E-state index contributed by atoms with van der Waals surface area (Å²) < 4.78 is 5.22. The van der Waals surface area contributed by atoms with Gasteiger partial charge in [0.05, 0.1) is 13.2 Å². The van der Waals surface area contributed by atoms with Gasteiger partial charge in [-0.25, -0.2) is 0 Å². The molecule has 3 atom stereocenters. The molecule has 0 radical (unpaired) electrons. The van der Waals surface area contributed by atoms with E-state index in [9.17, 15) is 9.59 Å². The van der Waals surface area contributed by atoms with E-state index in [1.165, 1.54) is 0 Å². The molecule has 2 aliphatic rings. The van der Waals surface area contributed by atoms with E-state index in [4.69, 9.17) is 10.5 Å². The minimum absolute atomic E-state index is 0.00207. The standard InChI is InChI=1S/C15H27N3O3/c1-11-8-12(10-13(16)9-11)15(20)17-3-2-14(19)18-4-6-21-7-5-18/h11-13H,2-10,16H2,1H3,(H,17,20). The summed E-state index contributed by atoms with van der Waals surface area (Å²) in [5, 5.41) is 2.89. The van der Waals surface area contributed by atoms with Gasteiger partial charge in [0.2, 0.25) is 11.8 Å². The molecule has 120 valence electrons. The largest absolute Gasteiger partial charge is 0.378 e. The number of rotatable bonds is 4. The van der Waals surface area contributed by atoms with Crippen molar-refractivity contribution >= 4 is 11.8 Å². The smallest absolute Gasteiger partial charge is 0.224 e. The van der Waals surface area contributed by atoms with Crippen LogP contribution in [0, 0.1) is 11.8 Å². The molecule has 6 heteroatoms. The number of nitrogens with two attached hydrogens (primary N) is 1. The average molecular weight is 297 g/mol. The van der Waals surface area contributed by atoms with Gasteiger partial charge >= 0.3 is 0 Å². The summed E-state index contributed by atoms with van der Waals surface area (Å²) in [7, 11) is 0. The van der Waals surface area contributed by atoms with Crippen molar-refractivity contribution in [3.63, 3.8) is 0 Å². The lowest BCUT2D eigenvalue weighted by Crippen LogP contribution is -2.43. The van der Waals surface area contributed by atoms with Crippen molar-refractivity contribution in [2.45, 2.75) is 38.6 Å². The van der Waals surface area contributed by atoms with E-state index in [0.717, 1.165) is 19.3 Å². The van der Waals surface area contributed by atoms with Crippen LogP contribution in [0.2, 0.25) is 0 Å². The minimum Gasteiger partial charge on any atom is -0.378 e. The van der Waals surface area contributed by atoms with E-state index in [2.05, 4.69) is 12.2 Å². The normalized spacial score (nSPS) is 30.0. The van der Waals surface area contributed by atoms with Crippen LogP contribution < -0.4 is 11.1 Å². The molecular weight excluding hydrogens is 270 g/mol. The molecule has 2 amide bonds. The van der Waals surface area contributed by atoms with Crippen LogP contribution in [0.3, 0.4) is 0 Å². The third-order valence-corrected chi connectivity index (χ3v) is 4.35. The number of nitrogens with zero attached hydrogens (tertiary/aromatic N) is 1. The SMILES string of the molecule is CC1CC(N)CC(C(=O)NCCC(=O)N2CCOCC2)C1. The fraction of sp³-hybridized carbons (Fsp3) is 0.867. The Labute approximate surface area is 126 Å². The van der Waals surface area contributed by atoms with Gasteiger partial charge in [-0.2, -0.15) is 0 Å². The lowest BCUT2D eigenvalue weighted by molar-refractivity contribution is -0.135. The Morgan fingerprint density at radius 3 is 2.62 bits per heavy atom. The molecule has 6 nitrogen and oxygen atoms in total. The Balaban J connectivity index is 1.67. The summed E-state index contributed by atoms with van der Waals surface area (Å²) in [5.74, 6) is 0.640. The Bertz CT molecular complexity index is 359. The van der Waals surface area contributed by atoms with Gasteiger partial charge < -0.3 is 20.7 Å². The number of morpholine rings is 1. The van der Waals surface area contributed by atoms with Gasteiger partial charge in [0.1, 0.15) is 0 Å². The summed E-state index contributed by atoms with van der Waals surface area (Å²) in [6.45, 7) is 5.08. The number of hydrogen-bond acceptors (Lipinski definition) is 4. The molecular formula is C15H27N3O3. The van der Waals surface area contributed by atoms with Gasteiger partial charge in [-0.1, -0.05) is 6.92 Å². The number of carbonyl (C=O) groups is 2. The molecule has 0 spiro atoms. The molecule has 3 unspecified atom stereocenters. The van der Waals surface area contributed by atoms with E-state index in [1.807, 2.05) is 0 Å². The van der Waals surface area contributed by atoms with E-state index >= 15 is 0 Å². The average Bonchev–Trinajstić information content (AvgIpc) is 2.47. The summed E-state index contributed by atoms with van der Waals surface area (Å²) in [6, 6.07) is 0.125. The Morgan fingerprint density at radius 1 is 1.24 bits per heavy atom. The lowest BCUT2D eigenvalue weighted by atomic mass is 9.79. The fourth-order valence-electron chi connectivity index (χ4n) is 3.28. The van der Waals surface area contributed by atoms with E-state index in [1.54, 1.807) is 4.90 Å². The zero-order valence-corrected chi connectivity index (χ0v) is 12.8. The second-order valence-electron chi connectivity index (χ2n) is 6.30. The number of hydrogen-bond donors (Lipinski definition) is 2. The molecule has 21 heavy (non-hydrogen) atoms. The number of nitrogens with one attached hydrogen (secondary N) is 1. The van der Waals surface area contributed by atoms with Gasteiger partial charge in [0, 0.05) is 38.0 Å². The molecule has 1 aliphatic heterocycles. The maximum absolute atomic E-state index is 12.1. The van der Waals surface area contributed by atoms with Gasteiger partial charge in [0.15, 0.2) is 0 Å². The lowest BCUT2D eigenvalue weighted by Gasteiger charge is -2.30. The number of ether oxygens (including phenoxy) is 1. The molecule has 2 rings (SSSR count). The molecule has 1 saturated carbocycles. The zero-order chi connectivity index (χ0) is 15.2. The highest BCUT2D eigenvalue weighted by Crippen LogP contribution is 2.28. The second kappa shape index (κ2) is 7.75. The van der Waals surface area contributed by atoms with Crippen LogP contribution >= 0.6 is 0 Å². The molecule has 0 aromatic rings. The number of carbonyl (C=O) groups excluding carboxylic acids is 2. The van der Waals surface area contributed by atoms with Crippen LogP contribution in [-0.2, 0) is 14.3 Å². The Hall–Kier alpha value is -1.14. The van der Waals surface area contributed by atoms with Crippen LogP contribution in [0.5, 0.6) is 0 Å². The van der Waals surface area contributed by atoms with Gasteiger partial charge in [-0.15, -0.1) is 0 Å². The minimum atomic E-state index is 0.00207. The van der Waals surface area contributed by atoms with E-state index < -0.39 is 0 Å². The van der Waals surface area contributed by atoms with Crippen LogP contribution in [0.4, 0.5) is 0 Å². The summed E-state index contributed by atoms with van der Waals surface area (Å²) in [6.07, 6.45) is 3.02. The van der Waals surface area contributed by atoms with Crippen molar-refractivity contribution in [1.29, 1.82) is 0 Å². The molecule has 2 fully saturated rings. The molecule has 1 aliphatic carbocycles. The van der Waals surface area contributed by atoms with Crippen LogP contribution in [0.15, 0.2) is 0 Å². The predicted octanol–water partition coefficient (Wildman–Crippen LogP) is 0.115. The molecule has 1 saturated heterocycles. The van der Waals surface area contributed by atoms with Crippen molar-refractivity contribution in [3.8, 4) is 0 Å². The van der Waals surface area contributed by atoms with Crippen LogP contribution in [0.1, 0.15) is 32.6 Å². The number of amides is 2. The molecule has 0 aromatic heterocycles. The molecule has 0 aromatic carbocycles. The van der Waals surface area contributed by atoms with Crippen molar-refractivity contribution in [2.24, 2.45) is 17.6 Å². The first kappa shape index (κ1) is 16.2. The van der Waals surface area contributed by atoms with E-state index in [0.29, 0.717) is 45.2 Å². The molecule has 0 bridgehead atoms. The maximum Gasteiger partial charge on any atom is 0.224 e. The van der Waals surface area contributed by atoms with E-state index in [-0.39, 0.29) is 23.8 Å². The van der Waals surface area contributed by atoms with Gasteiger partial charge in [-0.05, 0) is 25.2 Å². The quantitative estimate of drug-likeness (QED) is 0.771. The summed E-state index contributed by atoms with van der Waals surface area (Å²) in [5.41, 5.74) is 5.98. The third-order valence-electron chi connectivity index (χ3n) is 4.35. The fourth-order valence-corrected chi connectivity index (χ4v) is 3.28. The zero-order valence-electron chi connectivity index (χ0n) is 12.8. The first-order valence-corrected chi connectivity index (χ1v) is 7.95. The van der Waals surface area contributed by atoms with Crippen molar-refractivity contribution in [2.75, 3.05) is 32.8 Å². The second-order valence-corrected chi connectivity index (χ2v) is 6.30. The summed E-state index contributed by atoms with van der Waals surface area (Å²) in [4.78, 5) is 25.9. The van der Waals surface area contributed by atoms with Crippen LogP contribution in [-0.4, -0.2) is 55.6 Å². The van der Waals surface area contributed by atoms with Gasteiger partial charge in [-0.3, -0.25) is 9.59 Å². The highest BCUT2D eigenvalue weighted by Gasteiger charge is 2.29. The Morgan fingerprint density at radius 2 is 1.95 bits per heavy atom. The monoisotopic (exact) mass is 297 g/mol. The summed E-state index contributed by atoms with van der Waals surface area (Å²) >= 11 is 0. The maximum atomic E-state index is 12.1.